The summed E-state index contributed by atoms with van der Waals surface area (Å²) in [5, 5.41) is 3.61. The Morgan fingerprint density at radius 1 is 1.18 bits per heavy atom. The van der Waals surface area contributed by atoms with Crippen molar-refractivity contribution in [3.63, 3.8) is 0 Å². The number of benzene rings is 3. The fourth-order valence-electron chi connectivity index (χ4n) is 3.81. The van der Waals surface area contributed by atoms with Crippen LogP contribution in [0.25, 0.3) is 27.7 Å². The van der Waals surface area contributed by atoms with Gasteiger partial charge in [0.2, 0.25) is 5.91 Å². The van der Waals surface area contributed by atoms with Gasteiger partial charge in [-0.25, -0.2) is 4.39 Å². The number of allylic oxidation sites excluding steroid dienone is 1. The lowest BCUT2D eigenvalue weighted by atomic mass is 9.96. The Hall–Kier alpha value is -3.57. The number of ether oxygens (including phenoxy) is 1. The van der Waals surface area contributed by atoms with Crippen LogP contribution in [0.5, 0.6) is 5.75 Å². The molecule has 0 fully saturated rings. The van der Waals surface area contributed by atoms with Crippen molar-refractivity contribution in [2.75, 3.05) is 11.9 Å². The maximum absolute atomic E-state index is 13.4. The normalized spacial score (nSPS) is 11.6. The molecule has 1 N–H and O–H groups in total. The van der Waals surface area contributed by atoms with Crippen molar-refractivity contribution in [3.05, 3.63) is 88.9 Å². The predicted molar refractivity (Wildman–Crippen MR) is 131 cm³/mol. The number of carbonyl (C=O) groups is 1. The Kier molecular flexibility index (Phi) is 6.52. The lowest BCUT2D eigenvalue weighted by Gasteiger charge is -2.15. The van der Waals surface area contributed by atoms with Crippen molar-refractivity contribution in [2.45, 2.75) is 20.8 Å². The first-order valence-corrected chi connectivity index (χ1v) is 10.9. The highest BCUT2D eigenvalue weighted by molar-refractivity contribution is 6.31. The molecule has 33 heavy (non-hydrogen) atoms. The van der Waals surface area contributed by atoms with Crippen LogP contribution in [0.3, 0.4) is 0 Å². The molecule has 4 nitrogen and oxygen atoms in total. The average molecular weight is 464 g/mol. The second kappa shape index (κ2) is 9.51. The van der Waals surface area contributed by atoms with E-state index in [1.165, 1.54) is 24.3 Å². The molecule has 6 heteroatoms. The van der Waals surface area contributed by atoms with E-state index in [0.717, 1.165) is 38.8 Å². The molecular weight excluding hydrogens is 441 g/mol. The fourth-order valence-corrected chi connectivity index (χ4v) is 3.99. The number of carbonyl (C=O) groups excluding carboxylic acids is 1. The molecule has 0 spiro atoms. The fraction of sp³-hybridized carbons (Fsp3) is 0.148. The van der Waals surface area contributed by atoms with Gasteiger partial charge < -0.3 is 14.5 Å². The number of furan rings is 1. The molecule has 0 atom stereocenters. The third kappa shape index (κ3) is 4.64. The van der Waals surface area contributed by atoms with Crippen molar-refractivity contribution in [1.82, 2.24) is 0 Å². The molecule has 4 rings (SSSR count). The van der Waals surface area contributed by atoms with Gasteiger partial charge in [0.05, 0.1) is 17.9 Å². The number of amides is 1. The summed E-state index contributed by atoms with van der Waals surface area (Å²) < 4.78 is 25.3. The van der Waals surface area contributed by atoms with E-state index in [1.807, 2.05) is 57.2 Å². The Balaban J connectivity index is 1.76. The third-order valence-electron chi connectivity index (χ3n) is 5.38. The Labute approximate surface area is 196 Å². The largest absolute Gasteiger partial charge is 0.493 e. The summed E-state index contributed by atoms with van der Waals surface area (Å²) >= 11 is 5.81. The SMILES string of the molecule is CCOc1c(/C(C)=C/C(=O)Nc2ccc(F)c(Cl)c2)cc2c(-c3ccccc3)coc2c1C. The minimum absolute atomic E-state index is 0.0541. The average Bonchev–Trinajstić information content (AvgIpc) is 3.23. The molecular formula is C27H23ClFNO3. The number of aryl methyl sites for hydroxylation is 1. The second-order valence-electron chi connectivity index (χ2n) is 7.65. The van der Waals surface area contributed by atoms with Gasteiger partial charge in [-0.05, 0) is 56.2 Å². The van der Waals surface area contributed by atoms with Gasteiger partial charge in [0.1, 0.15) is 17.1 Å². The molecule has 0 aliphatic rings. The zero-order valence-electron chi connectivity index (χ0n) is 18.5. The number of hydrogen-bond donors (Lipinski definition) is 1. The monoisotopic (exact) mass is 463 g/mol. The van der Waals surface area contributed by atoms with Crippen LogP contribution in [-0.2, 0) is 4.79 Å². The van der Waals surface area contributed by atoms with Gasteiger partial charge in [-0.15, -0.1) is 0 Å². The highest BCUT2D eigenvalue weighted by Gasteiger charge is 2.19. The highest BCUT2D eigenvalue weighted by Crippen LogP contribution is 2.40. The van der Waals surface area contributed by atoms with Gasteiger partial charge in [0, 0.05) is 33.8 Å². The van der Waals surface area contributed by atoms with Crippen LogP contribution >= 0.6 is 11.6 Å². The second-order valence-corrected chi connectivity index (χ2v) is 8.06. The lowest BCUT2D eigenvalue weighted by Crippen LogP contribution is -2.09. The molecule has 0 bridgehead atoms. The number of anilines is 1. The summed E-state index contributed by atoms with van der Waals surface area (Å²) in [5.41, 5.74) is 5.55. The predicted octanol–water partition coefficient (Wildman–Crippen LogP) is 7.64. The van der Waals surface area contributed by atoms with Gasteiger partial charge in [0.15, 0.2) is 0 Å². The standard InChI is InChI=1S/C27H23ClFNO3/c1-4-32-26-17(3)27-21(22(15-33-27)18-8-6-5-7-9-18)14-20(26)16(2)12-25(31)30-19-10-11-24(29)23(28)13-19/h5-15H,4H2,1-3H3,(H,30,31)/b16-12+. The van der Waals surface area contributed by atoms with Crippen LogP contribution in [0.15, 0.2) is 71.4 Å². The van der Waals surface area contributed by atoms with E-state index in [-0.39, 0.29) is 10.9 Å². The summed E-state index contributed by atoms with van der Waals surface area (Å²) in [6.07, 6.45) is 3.24. The quantitative estimate of drug-likeness (QED) is 0.299. The van der Waals surface area contributed by atoms with Crippen molar-refractivity contribution in [2.24, 2.45) is 0 Å². The van der Waals surface area contributed by atoms with Crippen molar-refractivity contribution < 1.29 is 18.3 Å². The summed E-state index contributed by atoms with van der Waals surface area (Å²) in [5.74, 6) is -0.225. The first kappa shape index (κ1) is 22.6. The lowest BCUT2D eigenvalue weighted by molar-refractivity contribution is -0.111. The van der Waals surface area contributed by atoms with Gasteiger partial charge in [-0.1, -0.05) is 41.9 Å². The molecule has 0 aliphatic heterocycles. The molecule has 1 heterocycles. The van der Waals surface area contributed by atoms with E-state index < -0.39 is 5.82 Å². The third-order valence-corrected chi connectivity index (χ3v) is 5.67. The van der Waals surface area contributed by atoms with Crippen molar-refractivity contribution >= 4 is 39.7 Å². The molecule has 1 amide bonds. The van der Waals surface area contributed by atoms with Crippen LogP contribution in [0.4, 0.5) is 10.1 Å². The Morgan fingerprint density at radius 2 is 1.94 bits per heavy atom. The number of hydrogen-bond acceptors (Lipinski definition) is 3. The Morgan fingerprint density at radius 3 is 2.64 bits per heavy atom. The maximum Gasteiger partial charge on any atom is 0.248 e. The summed E-state index contributed by atoms with van der Waals surface area (Å²) in [6, 6.07) is 16.0. The van der Waals surface area contributed by atoms with Crippen LogP contribution in [0, 0.1) is 12.7 Å². The molecule has 3 aromatic carbocycles. The molecule has 0 aliphatic carbocycles. The topological polar surface area (TPSA) is 51.5 Å². The Bertz CT molecular complexity index is 1360. The molecule has 4 aromatic rings. The number of fused-ring (bicyclic) bond motifs is 1. The van der Waals surface area contributed by atoms with Gasteiger partial charge in [-0.3, -0.25) is 4.79 Å². The summed E-state index contributed by atoms with van der Waals surface area (Å²) in [6.45, 7) is 6.18. The zero-order valence-corrected chi connectivity index (χ0v) is 19.3. The van der Waals surface area contributed by atoms with E-state index in [0.29, 0.717) is 18.0 Å². The number of rotatable bonds is 6. The van der Waals surface area contributed by atoms with Gasteiger partial charge in [0.25, 0.3) is 0 Å². The molecule has 1 aromatic heterocycles. The molecule has 0 radical (unpaired) electrons. The van der Waals surface area contributed by atoms with E-state index in [1.54, 1.807) is 6.26 Å². The molecule has 0 saturated carbocycles. The number of nitrogens with one attached hydrogen (secondary N) is 1. The molecule has 0 unspecified atom stereocenters. The minimum Gasteiger partial charge on any atom is -0.493 e. The van der Waals surface area contributed by atoms with Crippen LogP contribution in [0.2, 0.25) is 5.02 Å². The van der Waals surface area contributed by atoms with E-state index in [4.69, 9.17) is 20.8 Å². The van der Waals surface area contributed by atoms with E-state index in [2.05, 4.69) is 5.32 Å². The van der Waals surface area contributed by atoms with Crippen molar-refractivity contribution in [1.29, 1.82) is 0 Å². The van der Waals surface area contributed by atoms with Crippen LogP contribution < -0.4 is 10.1 Å². The van der Waals surface area contributed by atoms with Crippen LogP contribution in [-0.4, -0.2) is 12.5 Å². The van der Waals surface area contributed by atoms with Crippen LogP contribution in [0.1, 0.15) is 25.0 Å². The smallest absolute Gasteiger partial charge is 0.248 e. The number of halogens is 2. The zero-order chi connectivity index (χ0) is 23.5. The summed E-state index contributed by atoms with van der Waals surface area (Å²) in [7, 11) is 0. The molecule has 168 valence electrons. The minimum atomic E-state index is -0.541. The molecule has 0 saturated heterocycles. The van der Waals surface area contributed by atoms with E-state index >= 15 is 0 Å². The highest BCUT2D eigenvalue weighted by atomic mass is 35.5. The maximum atomic E-state index is 13.4. The van der Waals surface area contributed by atoms with E-state index in [9.17, 15) is 9.18 Å². The summed E-state index contributed by atoms with van der Waals surface area (Å²) in [4.78, 5) is 12.7. The van der Waals surface area contributed by atoms with Gasteiger partial charge in [-0.2, -0.15) is 0 Å². The van der Waals surface area contributed by atoms with Crippen molar-refractivity contribution in [3.8, 4) is 16.9 Å². The van der Waals surface area contributed by atoms with Gasteiger partial charge >= 0.3 is 0 Å². The first-order chi connectivity index (χ1) is 15.9. The first-order valence-electron chi connectivity index (χ1n) is 10.6.